The smallest absolute Gasteiger partial charge is 0.306 e. The molecular formula is C22H44O3. The van der Waals surface area contributed by atoms with Crippen molar-refractivity contribution in [1.29, 1.82) is 0 Å². The Morgan fingerprint density at radius 1 is 0.760 bits per heavy atom. The summed E-state index contributed by atoms with van der Waals surface area (Å²) in [5.74, 6) is -0.168. The molecule has 0 aromatic heterocycles. The summed E-state index contributed by atoms with van der Waals surface area (Å²) in [6, 6.07) is 0. The Kier molecular flexibility index (Phi) is 17.8. The van der Waals surface area contributed by atoms with Gasteiger partial charge in [-0.25, -0.2) is 0 Å². The van der Waals surface area contributed by atoms with Crippen molar-refractivity contribution in [2.45, 2.75) is 136 Å². The molecule has 0 spiro atoms. The second-order valence-corrected chi connectivity index (χ2v) is 7.43. The quantitative estimate of drug-likeness (QED) is 0.223. The highest BCUT2D eigenvalue weighted by Crippen LogP contribution is 2.16. The molecule has 0 aliphatic rings. The second-order valence-electron chi connectivity index (χ2n) is 7.43. The summed E-state index contributed by atoms with van der Waals surface area (Å²) in [7, 11) is 0. The van der Waals surface area contributed by atoms with Crippen LogP contribution in [0.2, 0.25) is 0 Å². The van der Waals surface area contributed by atoms with Crippen molar-refractivity contribution >= 4 is 5.97 Å². The summed E-state index contributed by atoms with van der Waals surface area (Å²) in [5, 5.41) is 10.0. The molecule has 3 nitrogen and oxygen atoms in total. The number of aliphatic hydroxyl groups is 1. The summed E-state index contributed by atoms with van der Waals surface area (Å²) in [5.41, 5.74) is 0. The zero-order valence-corrected chi connectivity index (χ0v) is 17.2. The third kappa shape index (κ3) is 15.4. The number of unbranched alkanes of at least 4 members (excludes halogenated alkanes) is 11. The molecule has 0 bridgehead atoms. The summed E-state index contributed by atoms with van der Waals surface area (Å²) >= 11 is 0. The van der Waals surface area contributed by atoms with E-state index in [-0.39, 0.29) is 12.1 Å². The molecule has 0 fully saturated rings. The second kappa shape index (κ2) is 18.2. The number of ether oxygens (including phenoxy) is 1. The zero-order valence-electron chi connectivity index (χ0n) is 17.2. The summed E-state index contributed by atoms with van der Waals surface area (Å²) < 4.78 is 5.45. The van der Waals surface area contributed by atoms with E-state index in [1.165, 1.54) is 70.6 Å². The molecule has 1 N–H and O–H groups in total. The van der Waals surface area contributed by atoms with Gasteiger partial charge < -0.3 is 9.84 Å². The highest BCUT2D eigenvalue weighted by molar-refractivity contribution is 5.69. The predicted octanol–water partition coefficient (Wildman–Crippen LogP) is 6.56. The van der Waals surface area contributed by atoms with Crippen molar-refractivity contribution in [3.63, 3.8) is 0 Å². The first-order valence-corrected chi connectivity index (χ1v) is 11.0. The van der Waals surface area contributed by atoms with E-state index >= 15 is 0 Å². The van der Waals surface area contributed by atoms with Gasteiger partial charge in [-0.15, -0.1) is 0 Å². The van der Waals surface area contributed by atoms with E-state index in [0.29, 0.717) is 12.8 Å². The van der Waals surface area contributed by atoms with Crippen LogP contribution in [0.1, 0.15) is 124 Å². The molecule has 0 aliphatic carbocycles. The van der Waals surface area contributed by atoms with Gasteiger partial charge in [-0.1, -0.05) is 91.4 Å². The number of rotatable bonds is 18. The van der Waals surface area contributed by atoms with Gasteiger partial charge in [0, 0.05) is 6.42 Å². The van der Waals surface area contributed by atoms with Crippen LogP contribution in [0.15, 0.2) is 0 Å². The highest BCUT2D eigenvalue weighted by Gasteiger charge is 2.21. The maximum Gasteiger partial charge on any atom is 0.306 e. The van der Waals surface area contributed by atoms with Crippen LogP contribution in [-0.2, 0) is 9.53 Å². The van der Waals surface area contributed by atoms with Gasteiger partial charge in [-0.05, 0) is 25.7 Å². The first-order valence-electron chi connectivity index (χ1n) is 11.0. The lowest BCUT2D eigenvalue weighted by atomic mass is 10.0. The fourth-order valence-electron chi connectivity index (χ4n) is 3.21. The topological polar surface area (TPSA) is 46.5 Å². The minimum atomic E-state index is -0.520. The van der Waals surface area contributed by atoms with Crippen LogP contribution in [-0.4, -0.2) is 23.3 Å². The summed E-state index contributed by atoms with van der Waals surface area (Å²) in [4.78, 5) is 11.7. The lowest BCUT2D eigenvalue weighted by molar-refractivity contribution is -0.155. The van der Waals surface area contributed by atoms with Gasteiger partial charge in [-0.2, -0.15) is 0 Å². The van der Waals surface area contributed by atoms with Crippen LogP contribution < -0.4 is 0 Å². The van der Waals surface area contributed by atoms with Crippen molar-refractivity contribution in [2.75, 3.05) is 0 Å². The Morgan fingerprint density at radius 2 is 1.24 bits per heavy atom. The van der Waals surface area contributed by atoms with Crippen molar-refractivity contribution in [3.05, 3.63) is 0 Å². The molecule has 3 heteroatoms. The van der Waals surface area contributed by atoms with Crippen molar-refractivity contribution in [3.8, 4) is 0 Å². The average molecular weight is 357 g/mol. The Balaban J connectivity index is 3.59. The largest absolute Gasteiger partial charge is 0.460 e. The third-order valence-corrected chi connectivity index (χ3v) is 4.93. The normalized spacial score (nSPS) is 13.6. The Labute approximate surface area is 156 Å². The first kappa shape index (κ1) is 24.4. The third-order valence-electron chi connectivity index (χ3n) is 4.93. The van der Waals surface area contributed by atoms with Gasteiger partial charge in [-0.3, -0.25) is 4.79 Å². The van der Waals surface area contributed by atoms with E-state index < -0.39 is 6.10 Å². The van der Waals surface area contributed by atoms with E-state index in [2.05, 4.69) is 6.92 Å². The Bertz CT molecular complexity index is 291. The minimum Gasteiger partial charge on any atom is -0.460 e. The lowest BCUT2D eigenvalue weighted by Gasteiger charge is -2.22. The molecule has 0 aromatic carbocycles. The zero-order chi connectivity index (χ0) is 18.8. The molecule has 0 radical (unpaired) electrons. The molecule has 150 valence electrons. The van der Waals surface area contributed by atoms with Gasteiger partial charge in [0.15, 0.2) is 0 Å². The molecule has 2 atom stereocenters. The van der Waals surface area contributed by atoms with E-state index in [9.17, 15) is 9.90 Å². The molecule has 0 amide bonds. The van der Waals surface area contributed by atoms with Gasteiger partial charge >= 0.3 is 5.97 Å². The number of carbonyl (C=O) groups excluding carboxylic acids is 1. The molecule has 0 saturated carbocycles. The van der Waals surface area contributed by atoms with Crippen LogP contribution in [0, 0.1) is 0 Å². The number of esters is 1. The van der Waals surface area contributed by atoms with Gasteiger partial charge in [0.2, 0.25) is 0 Å². The maximum absolute atomic E-state index is 11.7. The Morgan fingerprint density at radius 3 is 1.68 bits per heavy atom. The van der Waals surface area contributed by atoms with E-state index in [4.69, 9.17) is 4.74 Å². The maximum atomic E-state index is 11.7. The molecule has 0 rings (SSSR count). The molecule has 25 heavy (non-hydrogen) atoms. The molecular weight excluding hydrogens is 312 g/mol. The van der Waals surface area contributed by atoms with E-state index in [1.54, 1.807) is 0 Å². The highest BCUT2D eigenvalue weighted by atomic mass is 16.6. The fourth-order valence-corrected chi connectivity index (χ4v) is 3.21. The van der Waals surface area contributed by atoms with Gasteiger partial charge in [0.25, 0.3) is 0 Å². The van der Waals surface area contributed by atoms with Crippen LogP contribution >= 0.6 is 0 Å². The lowest BCUT2D eigenvalue weighted by Crippen LogP contribution is -2.30. The van der Waals surface area contributed by atoms with Crippen molar-refractivity contribution < 1.29 is 14.6 Å². The Hall–Kier alpha value is -0.570. The van der Waals surface area contributed by atoms with Crippen LogP contribution in [0.3, 0.4) is 0 Å². The van der Waals surface area contributed by atoms with Crippen LogP contribution in [0.5, 0.6) is 0 Å². The van der Waals surface area contributed by atoms with Crippen LogP contribution in [0.25, 0.3) is 0 Å². The van der Waals surface area contributed by atoms with Crippen LogP contribution in [0.4, 0.5) is 0 Å². The summed E-state index contributed by atoms with van der Waals surface area (Å²) in [6.07, 6.45) is 17.7. The van der Waals surface area contributed by atoms with Gasteiger partial charge in [0.05, 0.1) is 6.10 Å². The molecule has 0 aromatic rings. The standard InChI is InChI=1S/C22H44O3/c1-4-7-8-9-10-11-12-13-14-15-16-17-19-21(20(23)6-3)25-22(24)18-5-2/h20-21,23H,4-19H2,1-3H3. The minimum absolute atomic E-state index is 0.168. The van der Waals surface area contributed by atoms with Crippen molar-refractivity contribution in [2.24, 2.45) is 0 Å². The van der Waals surface area contributed by atoms with E-state index in [0.717, 1.165) is 19.3 Å². The summed E-state index contributed by atoms with van der Waals surface area (Å²) in [6.45, 7) is 6.17. The van der Waals surface area contributed by atoms with Gasteiger partial charge in [0.1, 0.15) is 6.10 Å². The number of carbonyl (C=O) groups is 1. The molecule has 0 saturated heterocycles. The predicted molar refractivity (Wildman–Crippen MR) is 107 cm³/mol. The molecule has 2 unspecified atom stereocenters. The molecule has 0 heterocycles. The fraction of sp³-hybridized carbons (Fsp3) is 0.955. The van der Waals surface area contributed by atoms with E-state index in [1.807, 2.05) is 13.8 Å². The molecule has 0 aliphatic heterocycles. The monoisotopic (exact) mass is 356 g/mol. The number of aliphatic hydroxyl groups excluding tert-OH is 1. The number of hydrogen-bond acceptors (Lipinski definition) is 3. The number of hydrogen-bond donors (Lipinski definition) is 1. The van der Waals surface area contributed by atoms with Crippen molar-refractivity contribution in [1.82, 2.24) is 0 Å². The average Bonchev–Trinajstić information content (AvgIpc) is 2.61. The SMILES string of the molecule is CCCCCCCCCCCCCCC(OC(=O)CCC)C(O)CC. The first-order chi connectivity index (χ1) is 12.2.